The fraction of sp³-hybridized carbons (Fsp3) is 0.818. The summed E-state index contributed by atoms with van der Waals surface area (Å²) in [7, 11) is 3.99. The van der Waals surface area contributed by atoms with Gasteiger partial charge in [-0.2, -0.15) is 5.10 Å². The molecule has 0 aromatic rings. The van der Waals surface area contributed by atoms with Gasteiger partial charge in [-0.05, 0) is 26.9 Å². The Kier molecular flexibility index (Phi) is 3.85. The van der Waals surface area contributed by atoms with E-state index >= 15 is 0 Å². The Morgan fingerprint density at radius 2 is 2.07 bits per heavy atom. The molecule has 1 aliphatic heterocycles. The van der Waals surface area contributed by atoms with Crippen molar-refractivity contribution in [1.29, 1.82) is 0 Å². The van der Waals surface area contributed by atoms with Crippen molar-refractivity contribution < 1.29 is 4.79 Å². The molecule has 0 saturated carbocycles. The minimum absolute atomic E-state index is 0.00726. The molecule has 0 N–H and O–H groups in total. The van der Waals surface area contributed by atoms with E-state index < -0.39 is 0 Å². The van der Waals surface area contributed by atoms with Crippen LogP contribution in [0.15, 0.2) is 5.10 Å². The molecule has 0 aliphatic carbocycles. The minimum atomic E-state index is -0.00726. The van der Waals surface area contributed by atoms with E-state index in [0.717, 1.165) is 12.3 Å². The van der Waals surface area contributed by atoms with Gasteiger partial charge >= 0.3 is 0 Å². The molecule has 4 nitrogen and oxygen atoms in total. The molecule has 4 heteroatoms. The first kappa shape index (κ1) is 12.2. The monoisotopic (exact) mass is 211 g/mol. The first-order valence-corrected chi connectivity index (χ1v) is 5.44. The molecule has 1 aliphatic rings. The van der Waals surface area contributed by atoms with Crippen molar-refractivity contribution in [3.05, 3.63) is 0 Å². The number of hydrazone groups is 1. The normalized spacial score (nSPS) is 21.8. The van der Waals surface area contributed by atoms with E-state index in [1.165, 1.54) is 0 Å². The molecule has 15 heavy (non-hydrogen) atoms. The number of nitrogens with zero attached hydrogens (tertiary/aromatic N) is 3. The second kappa shape index (κ2) is 4.75. The Bertz CT molecular complexity index is 271. The number of likely N-dealkylation sites (N-methyl/N-ethyl adjacent to an activating group) is 1. The lowest BCUT2D eigenvalue weighted by atomic mass is 9.92. The number of hydrogen-bond donors (Lipinski definition) is 0. The maximum atomic E-state index is 12.0. The van der Waals surface area contributed by atoms with Gasteiger partial charge in [0, 0.05) is 12.3 Å². The van der Waals surface area contributed by atoms with Gasteiger partial charge in [-0.3, -0.25) is 4.79 Å². The van der Waals surface area contributed by atoms with Gasteiger partial charge in [0.25, 0.3) is 5.91 Å². The number of amides is 1. The number of carbonyl (C=O) groups is 1. The molecule has 0 fully saturated rings. The van der Waals surface area contributed by atoms with E-state index in [1.54, 1.807) is 5.01 Å². The molecule has 1 amide bonds. The maximum absolute atomic E-state index is 12.0. The summed E-state index contributed by atoms with van der Waals surface area (Å²) >= 11 is 0. The summed E-state index contributed by atoms with van der Waals surface area (Å²) in [6, 6.07) is 0. The van der Waals surface area contributed by atoms with Crippen molar-refractivity contribution in [2.75, 3.05) is 27.2 Å². The summed E-state index contributed by atoms with van der Waals surface area (Å²) in [6.45, 7) is 7.62. The second-order valence-electron chi connectivity index (χ2n) is 4.73. The molecule has 0 aromatic heterocycles. The number of carbonyl (C=O) groups excluding carboxylic acids is 1. The van der Waals surface area contributed by atoms with Crippen molar-refractivity contribution in [3.8, 4) is 0 Å². The summed E-state index contributed by atoms with van der Waals surface area (Å²) in [5.74, 6) is 0.488. The molecular formula is C11H21N3O. The third kappa shape index (κ3) is 2.78. The summed E-state index contributed by atoms with van der Waals surface area (Å²) in [6.07, 6.45) is 0. The van der Waals surface area contributed by atoms with Gasteiger partial charge < -0.3 is 4.90 Å². The summed E-state index contributed by atoms with van der Waals surface area (Å²) < 4.78 is 0. The highest BCUT2D eigenvalue weighted by Crippen LogP contribution is 2.22. The van der Waals surface area contributed by atoms with E-state index in [9.17, 15) is 4.79 Å². The molecule has 1 rings (SSSR count). The third-order valence-corrected chi connectivity index (χ3v) is 2.67. The molecule has 1 atom stereocenters. The molecule has 1 heterocycles. The molecule has 86 valence electrons. The minimum Gasteiger partial charge on any atom is -0.308 e. The van der Waals surface area contributed by atoms with Gasteiger partial charge in [0.15, 0.2) is 0 Å². The SMILES string of the molecule is CC1=NN(CCN(C)C)C(=O)C1C(C)C. The lowest BCUT2D eigenvalue weighted by Gasteiger charge is -2.18. The molecular weight excluding hydrogens is 190 g/mol. The fourth-order valence-electron chi connectivity index (χ4n) is 1.86. The average Bonchev–Trinajstić information content (AvgIpc) is 2.37. The van der Waals surface area contributed by atoms with E-state index in [0.29, 0.717) is 12.5 Å². The van der Waals surface area contributed by atoms with Crippen molar-refractivity contribution in [3.63, 3.8) is 0 Å². The van der Waals surface area contributed by atoms with Crippen molar-refractivity contribution in [1.82, 2.24) is 9.91 Å². The third-order valence-electron chi connectivity index (χ3n) is 2.67. The lowest BCUT2D eigenvalue weighted by molar-refractivity contribution is -0.132. The molecule has 0 saturated heterocycles. The van der Waals surface area contributed by atoms with Crippen LogP contribution in [-0.4, -0.2) is 48.7 Å². The zero-order chi connectivity index (χ0) is 11.6. The van der Waals surface area contributed by atoms with Gasteiger partial charge in [0.2, 0.25) is 0 Å². The van der Waals surface area contributed by atoms with Crippen molar-refractivity contribution in [2.24, 2.45) is 16.9 Å². The van der Waals surface area contributed by atoms with Crippen LogP contribution >= 0.6 is 0 Å². The van der Waals surface area contributed by atoms with Gasteiger partial charge in [0.05, 0.1) is 12.5 Å². The molecule has 0 spiro atoms. The van der Waals surface area contributed by atoms with Crippen LogP contribution in [0.2, 0.25) is 0 Å². The van der Waals surface area contributed by atoms with Crippen LogP contribution in [0.25, 0.3) is 0 Å². The van der Waals surface area contributed by atoms with Crippen molar-refractivity contribution in [2.45, 2.75) is 20.8 Å². The Hall–Kier alpha value is -0.900. The highest BCUT2D eigenvalue weighted by atomic mass is 16.2. The lowest BCUT2D eigenvalue weighted by Crippen LogP contribution is -2.34. The zero-order valence-corrected chi connectivity index (χ0v) is 10.3. The average molecular weight is 211 g/mol. The maximum Gasteiger partial charge on any atom is 0.251 e. The van der Waals surface area contributed by atoms with E-state index in [4.69, 9.17) is 0 Å². The van der Waals surface area contributed by atoms with Gasteiger partial charge in [-0.25, -0.2) is 5.01 Å². The summed E-state index contributed by atoms with van der Waals surface area (Å²) in [5.41, 5.74) is 0.953. The summed E-state index contributed by atoms with van der Waals surface area (Å²) in [4.78, 5) is 14.0. The second-order valence-corrected chi connectivity index (χ2v) is 4.73. The highest BCUT2D eigenvalue weighted by Gasteiger charge is 2.35. The molecule has 0 bridgehead atoms. The Balaban J connectivity index is 2.61. The van der Waals surface area contributed by atoms with Crippen LogP contribution in [0.5, 0.6) is 0 Å². The smallest absolute Gasteiger partial charge is 0.251 e. The standard InChI is InChI=1S/C11H21N3O/c1-8(2)10-9(3)12-14(11(10)15)7-6-13(4)5/h8,10H,6-7H2,1-5H3. The predicted octanol–water partition coefficient (Wildman–Crippen LogP) is 1.04. The molecule has 0 radical (unpaired) electrons. The number of hydrogen-bond acceptors (Lipinski definition) is 3. The number of rotatable bonds is 4. The van der Waals surface area contributed by atoms with E-state index in [2.05, 4.69) is 23.8 Å². The fourth-order valence-corrected chi connectivity index (χ4v) is 1.86. The topological polar surface area (TPSA) is 35.9 Å². The molecule has 0 aromatic carbocycles. The largest absolute Gasteiger partial charge is 0.308 e. The highest BCUT2D eigenvalue weighted by molar-refractivity contribution is 6.07. The zero-order valence-electron chi connectivity index (χ0n) is 10.3. The quantitative estimate of drug-likeness (QED) is 0.696. The predicted molar refractivity (Wildman–Crippen MR) is 61.7 cm³/mol. The van der Waals surface area contributed by atoms with Crippen LogP contribution in [0.4, 0.5) is 0 Å². The van der Waals surface area contributed by atoms with Crippen LogP contribution < -0.4 is 0 Å². The van der Waals surface area contributed by atoms with Crippen LogP contribution in [0.3, 0.4) is 0 Å². The van der Waals surface area contributed by atoms with Crippen molar-refractivity contribution >= 4 is 11.6 Å². The van der Waals surface area contributed by atoms with Crippen LogP contribution in [-0.2, 0) is 4.79 Å². The first-order valence-electron chi connectivity index (χ1n) is 5.44. The Morgan fingerprint density at radius 3 is 2.47 bits per heavy atom. The van der Waals surface area contributed by atoms with Gasteiger partial charge in [-0.1, -0.05) is 13.8 Å². The first-order chi connectivity index (χ1) is 6.93. The van der Waals surface area contributed by atoms with Crippen LogP contribution in [0, 0.1) is 11.8 Å². The molecule has 1 unspecified atom stereocenters. The Morgan fingerprint density at radius 1 is 1.47 bits per heavy atom. The summed E-state index contributed by atoms with van der Waals surface area (Å²) in [5, 5.41) is 5.93. The Labute approximate surface area is 91.9 Å². The van der Waals surface area contributed by atoms with Gasteiger partial charge in [-0.15, -0.1) is 0 Å². The van der Waals surface area contributed by atoms with Crippen LogP contribution in [0.1, 0.15) is 20.8 Å². The van der Waals surface area contributed by atoms with E-state index in [1.807, 2.05) is 21.0 Å². The van der Waals surface area contributed by atoms with E-state index in [-0.39, 0.29) is 11.8 Å². The van der Waals surface area contributed by atoms with Gasteiger partial charge in [0.1, 0.15) is 0 Å².